The molecule has 37 heavy (non-hydrogen) atoms. The summed E-state index contributed by atoms with van der Waals surface area (Å²) in [6.07, 6.45) is -0.464. The lowest BCUT2D eigenvalue weighted by atomic mass is 10.0. The molecule has 0 radical (unpaired) electrons. The van der Waals surface area contributed by atoms with E-state index in [0.717, 1.165) is 12.1 Å². The van der Waals surface area contributed by atoms with E-state index in [1.165, 1.54) is 40.6 Å². The van der Waals surface area contributed by atoms with E-state index in [4.69, 9.17) is 5.73 Å². The van der Waals surface area contributed by atoms with Crippen LogP contribution in [0.5, 0.6) is 0 Å². The summed E-state index contributed by atoms with van der Waals surface area (Å²) in [6.45, 7) is 0. The van der Waals surface area contributed by atoms with Gasteiger partial charge >= 0.3 is 6.18 Å². The van der Waals surface area contributed by atoms with Crippen molar-refractivity contribution in [2.45, 2.75) is 25.1 Å². The van der Waals surface area contributed by atoms with Crippen LogP contribution in [0, 0.1) is 0 Å². The van der Waals surface area contributed by atoms with Crippen molar-refractivity contribution < 1.29 is 18.0 Å². The van der Waals surface area contributed by atoms with Crippen molar-refractivity contribution in [3.8, 4) is 0 Å². The molecular formula is C25H19F3N6O2S. The molecule has 188 valence electrons. The molecule has 0 saturated heterocycles. The zero-order valence-electron chi connectivity index (χ0n) is 19.3. The molecule has 2 aromatic carbocycles. The SMILES string of the molecule is Cn1[nH]cc2c(N)nc3cc(=O)c(C(=O)N(c4nccs4)[C@@H]4CCc5cc(C(F)(F)F)ccc54)cc3c21. The van der Waals surface area contributed by atoms with Gasteiger partial charge in [0.15, 0.2) is 10.6 Å². The maximum absolute atomic E-state index is 14.0. The molecule has 5 aromatic rings. The predicted octanol–water partition coefficient (Wildman–Crippen LogP) is 4.81. The second-order valence-corrected chi connectivity index (χ2v) is 9.79. The number of carbonyl (C=O) groups excluding carboxylic acids is 1. The molecule has 8 nitrogen and oxygen atoms in total. The van der Waals surface area contributed by atoms with Crippen LogP contribution in [-0.2, 0) is 19.6 Å². The number of aryl methyl sites for hydroxylation is 2. The smallest absolute Gasteiger partial charge is 0.383 e. The van der Waals surface area contributed by atoms with Crippen molar-refractivity contribution in [2.24, 2.45) is 7.05 Å². The van der Waals surface area contributed by atoms with Gasteiger partial charge in [-0.25, -0.2) is 9.97 Å². The molecule has 1 atom stereocenters. The number of rotatable bonds is 3. The lowest BCUT2D eigenvalue weighted by Gasteiger charge is -2.27. The molecule has 3 N–H and O–H groups in total. The van der Waals surface area contributed by atoms with Gasteiger partial charge in [-0.2, -0.15) is 13.2 Å². The Balaban J connectivity index is 1.50. The van der Waals surface area contributed by atoms with Crippen LogP contribution in [-0.4, -0.2) is 25.7 Å². The third kappa shape index (κ3) is 3.67. The van der Waals surface area contributed by atoms with Crippen molar-refractivity contribution in [3.63, 3.8) is 0 Å². The average molecular weight is 525 g/mol. The predicted molar refractivity (Wildman–Crippen MR) is 135 cm³/mol. The Hall–Kier alpha value is -4.19. The fraction of sp³-hybridized carbons (Fsp3) is 0.200. The summed E-state index contributed by atoms with van der Waals surface area (Å²) in [4.78, 5) is 37.2. The third-order valence-electron chi connectivity index (χ3n) is 6.77. The number of nitrogens with one attached hydrogen (secondary N) is 1. The van der Waals surface area contributed by atoms with Gasteiger partial charge in [-0.05, 0) is 42.2 Å². The summed E-state index contributed by atoms with van der Waals surface area (Å²) < 4.78 is 41.5. The van der Waals surface area contributed by atoms with Gasteiger partial charge in [-0.3, -0.25) is 19.2 Å². The first-order chi connectivity index (χ1) is 17.6. The molecule has 0 unspecified atom stereocenters. The normalized spacial score (nSPS) is 15.4. The number of alkyl halides is 3. The number of nitrogens with two attached hydrogens (primary N) is 1. The lowest BCUT2D eigenvalue weighted by Crippen LogP contribution is -2.36. The van der Waals surface area contributed by atoms with Gasteiger partial charge in [0.25, 0.3) is 5.91 Å². The molecule has 1 amide bonds. The van der Waals surface area contributed by atoms with Gasteiger partial charge in [-0.15, -0.1) is 11.3 Å². The Morgan fingerprint density at radius 1 is 1.24 bits per heavy atom. The molecule has 0 spiro atoms. The number of aromatic amines is 1. The van der Waals surface area contributed by atoms with Gasteiger partial charge in [0.2, 0.25) is 0 Å². The third-order valence-corrected chi connectivity index (χ3v) is 7.54. The van der Waals surface area contributed by atoms with E-state index in [0.29, 0.717) is 50.9 Å². The quantitative estimate of drug-likeness (QED) is 0.352. The summed E-state index contributed by atoms with van der Waals surface area (Å²) in [5.74, 6) is -0.328. The molecule has 3 heterocycles. The van der Waals surface area contributed by atoms with E-state index in [1.54, 1.807) is 23.3 Å². The summed E-state index contributed by atoms with van der Waals surface area (Å²) in [6, 6.07) is 5.79. The summed E-state index contributed by atoms with van der Waals surface area (Å²) in [5, 5.41) is 6.29. The van der Waals surface area contributed by atoms with Crippen LogP contribution >= 0.6 is 11.3 Å². The molecule has 6 rings (SSSR count). The number of hydrogen-bond acceptors (Lipinski definition) is 6. The van der Waals surface area contributed by atoms with Crippen molar-refractivity contribution in [1.82, 2.24) is 19.7 Å². The number of carbonyl (C=O) groups is 1. The van der Waals surface area contributed by atoms with Gasteiger partial charge < -0.3 is 10.8 Å². The minimum absolute atomic E-state index is 0.0860. The fourth-order valence-electron chi connectivity index (χ4n) is 5.07. The van der Waals surface area contributed by atoms with E-state index in [1.807, 2.05) is 0 Å². The molecule has 12 heteroatoms. The second kappa shape index (κ2) is 8.17. The number of pyridine rings is 1. The number of thiazole rings is 1. The Morgan fingerprint density at radius 2 is 2.05 bits per heavy atom. The number of hydrogen-bond donors (Lipinski definition) is 2. The molecule has 0 bridgehead atoms. The number of anilines is 2. The maximum atomic E-state index is 14.0. The van der Waals surface area contributed by atoms with Crippen LogP contribution in [0.4, 0.5) is 24.1 Å². The van der Waals surface area contributed by atoms with Crippen molar-refractivity contribution >= 4 is 50.0 Å². The molecule has 1 aliphatic rings. The van der Waals surface area contributed by atoms with Crippen LogP contribution < -0.4 is 16.1 Å². The Bertz CT molecular complexity index is 1760. The molecule has 3 aromatic heterocycles. The largest absolute Gasteiger partial charge is 0.416 e. The maximum Gasteiger partial charge on any atom is 0.416 e. The number of halogens is 3. The van der Waals surface area contributed by atoms with Crippen LogP contribution in [0.3, 0.4) is 0 Å². The van der Waals surface area contributed by atoms with Gasteiger partial charge in [0, 0.05) is 36.3 Å². The van der Waals surface area contributed by atoms with Gasteiger partial charge in [-0.1, -0.05) is 6.07 Å². The van der Waals surface area contributed by atoms with Crippen molar-refractivity contribution in [1.29, 1.82) is 0 Å². The molecule has 0 saturated carbocycles. The fourth-order valence-corrected chi connectivity index (χ4v) is 5.76. The summed E-state index contributed by atoms with van der Waals surface area (Å²) in [7, 11) is 1.78. The summed E-state index contributed by atoms with van der Waals surface area (Å²) in [5.41, 5.74) is 6.88. The van der Waals surface area contributed by atoms with Crippen molar-refractivity contribution in [2.75, 3.05) is 10.6 Å². The Morgan fingerprint density at radius 3 is 2.78 bits per heavy atom. The zero-order chi connectivity index (χ0) is 26.1. The zero-order valence-corrected chi connectivity index (χ0v) is 20.2. The van der Waals surface area contributed by atoms with Crippen LogP contribution in [0.25, 0.3) is 21.8 Å². The number of nitrogen functional groups attached to an aromatic ring is 1. The van der Waals surface area contributed by atoms with E-state index >= 15 is 0 Å². The second-order valence-electron chi connectivity index (χ2n) is 8.91. The standard InChI is InChI=1S/C25H19F3N6O2S/c1-33-21-15-9-16(20(35)10-18(15)32-22(29)17(21)11-31-33)23(36)34(24-30-6-7-37-24)19-5-2-12-8-13(25(26,27)28)3-4-14(12)19/h3-4,6-11,19,31H,2,5H2,1H3,(H2,29,32)/t19-/m1/s1. The Labute approximate surface area is 211 Å². The minimum atomic E-state index is -4.46. The first kappa shape index (κ1) is 23.2. The number of benzene rings is 2. The molecule has 1 aliphatic carbocycles. The molecular weight excluding hydrogens is 505 g/mol. The van der Waals surface area contributed by atoms with E-state index < -0.39 is 29.1 Å². The van der Waals surface area contributed by atoms with E-state index in [9.17, 15) is 22.8 Å². The van der Waals surface area contributed by atoms with Gasteiger partial charge in [0.05, 0.1) is 33.6 Å². The van der Waals surface area contributed by atoms with E-state index in [-0.39, 0.29) is 11.4 Å². The highest BCUT2D eigenvalue weighted by Gasteiger charge is 2.37. The molecule has 0 aliphatic heterocycles. The number of H-pyrrole nitrogens is 1. The number of fused-ring (bicyclic) bond motifs is 4. The monoisotopic (exact) mass is 524 g/mol. The number of aromatic nitrogens is 4. The van der Waals surface area contributed by atoms with Crippen LogP contribution in [0.2, 0.25) is 0 Å². The lowest BCUT2D eigenvalue weighted by molar-refractivity contribution is -0.137. The first-order valence-corrected chi connectivity index (χ1v) is 12.2. The van der Waals surface area contributed by atoms with Crippen LogP contribution in [0.1, 0.15) is 39.5 Å². The topological polar surface area (TPSA) is 110 Å². The highest BCUT2D eigenvalue weighted by atomic mass is 32.1. The average Bonchev–Trinajstić information content (AvgIpc) is 3.60. The number of nitrogens with zero attached hydrogens (tertiary/aromatic N) is 4. The Kier molecular flexibility index (Phi) is 5.13. The molecule has 0 fully saturated rings. The van der Waals surface area contributed by atoms with E-state index in [2.05, 4.69) is 15.1 Å². The van der Waals surface area contributed by atoms with Crippen molar-refractivity contribution in [3.05, 3.63) is 80.6 Å². The minimum Gasteiger partial charge on any atom is -0.383 e. The highest BCUT2D eigenvalue weighted by Crippen LogP contribution is 2.42. The number of amides is 1. The van der Waals surface area contributed by atoms with Gasteiger partial charge in [0.1, 0.15) is 5.82 Å². The summed E-state index contributed by atoms with van der Waals surface area (Å²) >= 11 is 1.21. The first-order valence-electron chi connectivity index (χ1n) is 11.3. The highest BCUT2D eigenvalue weighted by molar-refractivity contribution is 7.13. The van der Waals surface area contributed by atoms with Crippen LogP contribution in [0.15, 0.2) is 52.9 Å².